The Labute approximate surface area is 201 Å². The monoisotopic (exact) mass is 462 g/mol. The summed E-state index contributed by atoms with van der Waals surface area (Å²) >= 11 is 6.25. The van der Waals surface area contributed by atoms with Crippen LogP contribution < -0.4 is 9.47 Å². The number of nitrogens with zero attached hydrogens (tertiary/aromatic N) is 2. The molecule has 5 heteroatoms. The average Bonchev–Trinajstić information content (AvgIpc) is 3.15. The van der Waals surface area contributed by atoms with Gasteiger partial charge in [-0.2, -0.15) is 0 Å². The number of hydrogen-bond acceptors (Lipinski definition) is 3. The van der Waals surface area contributed by atoms with Crippen molar-refractivity contribution in [2.75, 3.05) is 6.61 Å². The molecule has 0 bridgehead atoms. The van der Waals surface area contributed by atoms with Crippen LogP contribution in [0.3, 0.4) is 0 Å². The number of imidazole rings is 1. The van der Waals surface area contributed by atoms with Crippen LogP contribution >= 0.6 is 11.6 Å². The van der Waals surface area contributed by atoms with Crippen LogP contribution in [0.2, 0.25) is 5.02 Å². The van der Waals surface area contributed by atoms with E-state index in [4.69, 9.17) is 26.1 Å². The van der Waals surface area contributed by atoms with E-state index in [2.05, 4.69) is 49.6 Å². The summed E-state index contributed by atoms with van der Waals surface area (Å²) in [6, 6.07) is 22.2. The third kappa shape index (κ3) is 5.69. The predicted molar refractivity (Wildman–Crippen MR) is 136 cm³/mol. The molecule has 0 aliphatic rings. The molecular weight excluding hydrogens is 432 g/mol. The van der Waals surface area contributed by atoms with Gasteiger partial charge in [0.15, 0.2) is 0 Å². The first-order chi connectivity index (χ1) is 16.0. The van der Waals surface area contributed by atoms with Gasteiger partial charge in [0.25, 0.3) is 0 Å². The SMILES string of the molecule is Cc1ccc(C(C)C)c(OCCCCn2c(COc3ccccc3Cl)nc3ccccc32)c1. The van der Waals surface area contributed by atoms with Crippen molar-refractivity contribution in [3.8, 4) is 11.5 Å². The Hall–Kier alpha value is -2.98. The van der Waals surface area contributed by atoms with Crippen LogP contribution in [0.5, 0.6) is 11.5 Å². The van der Waals surface area contributed by atoms with E-state index in [1.165, 1.54) is 11.1 Å². The Morgan fingerprint density at radius 2 is 1.70 bits per heavy atom. The fourth-order valence-electron chi connectivity index (χ4n) is 3.99. The highest BCUT2D eigenvalue weighted by Crippen LogP contribution is 2.28. The second-order valence-electron chi connectivity index (χ2n) is 8.64. The number of rotatable bonds is 10. The Balaban J connectivity index is 1.40. The fourth-order valence-corrected chi connectivity index (χ4v) is 4.18. The number of aryl methyl sites for hydroxylation is 2. The maximum Gasteiger partial charge on any atom is 0.147 e. The van der Waals surface area contributed by atoms with Crippen molar-refractivity contribution in [1.29, 1.82) is 0 Å². The van der Waals surface area contributed by atoms with E-state index in [0.29, 0.717) is 29.9 Å². The summed E-state index contributed by atoms with van der Waals surface area (Å²) in [5.41, 5.74) is 4.59. The molecule has 0 radical (unpaired) electrons. The lowest BCUT2D eigenvalue weighted by Gasteiger charge is -2.15. The Morgan fingerprint density at radius 1 is 0.909 bits per heavy atom. The summed E-state index contributed by atoms with van der Waals surface area (Å²) in [5, 5.41) is 0.606. The number of para-hydroxylation sites is 3. The summed E-state index contributed by atoms with van der Waals surface area (Å²) in [4.78, 5) is 4.81. The molecule has 172 valence electrons. The molecule has 0 spiro atoms. The molecule has 0 atom stereocenters. The van der Waals surface area contributed by atoms with Crippen molar-refractivity contribution in [1.82, 2.24) is 9.55 Å². The van der Waals surface area contributed by atoms with Crippen molar-refractivity contribution in [3.63, 3.8) is 0 Å². The normalized spacial score (nSPS) is 11.3. The highest BCUT2D eigenvalue weighted by atomic mass is 35.5. The van der Waals surface area contributed by atoms with Crippen LogP contribution in [-0.2, 0) is 13.2 Å². The van der Waals surface area contributed by atoms with Crippen molar-refractivity contribution in [2.24, 2.45) is 0 Å². The summed E-state index contributed by atoms with van der Waals surface area (Å²) < 4.78 is 14.4. The van der Waals surface area contributed by atoms with Crippen LogP contribution in [-0.4, -0.2) is 16.2 Å². The van der Waals surface area contributed by atoms with Gasteiger partial charge < -0.3 is 14.0 Å². The van der Waals surface area contributed by atoms with Gasteiger partial charge in [-0.25, -0.2) is 4.98 Å². The van der Waals surface area contributed by atoms with E-state index in [9.17, 15) is 0 Å². The van der Waals surface area contributed by atoms with Gasteiger partial charge >= 0.3 is 0 Å². The molecule has 0 N–H and O–H groups in total. The van der Waals surface area contributed by atoms with Gasteiger partial charge in [0.1, 0.15) is 23.9 Å². The fraction of sp³-hybridized carbons (Fsp3) is 0.321. The molecule has 33 heavy (non-hydrogen) atoms. The van der Waals surface area contributed by atoms with Gasteiger partial charge in [0.05, 0.1) is 22.7 Å². The molecule has 4 aromatic rings. The van der Waals surface area contributed by atoms with Crippen LogP contribution in [0.25, 0.3) is 11.0 Å². The van der Waals surface area contributed by atoms with Gasteiger partial charge in [0, 0.05) is 6.54 Å². The molecule has 0 saturated carbocycles. The van der Waals surface area contributed by atoms with Gasteiger partial charge in [-0.15, -0.1) is 0 Å². The minimum Gasteiger partial charge on any atom is -0.493 e. The zero-order valence-electron chi connectivity index (χ0n) is 19.6. The standard InChI is InChI=1S/C28H31ClN2O2/c1-20(2)22-15-14-21(3)18-27(22)32-17-9-8-16-31-25-12-6-5-11-24(25)30-28(31)19-33-26-13-7-4-10-23(26)29/h4-7,10-15,18,20H,8-9,16-17,19H2,1-3H3. The molecule has 0 aliphatic heterocycles. The van der Waals surface area contributed by atoms with Gasteiger partial charge in [-0.1, -0.05) is 61.8 Å². The molecule has 0 fully saturated rings. The van der Waals surface area contributed by atoms with E-state index in [1.807, 2.05) is 42.5 Å². The van der Waals surface area contributed by atoms with E-state index in [-0.39, 0.29) is 0 Å². The van der Waals surface area contributed by atoms with Gasteiger partial charge in [-0.3, -0.25) is 0 Å². The molecule has 3 aromatic carbocycles. The molecule has 0 unspecified atom stereocenters. The van der Waals surface area contributed by atoms with Crippen LogP contribution in [0.15, 0.2) is 66.7 Å². The summed E-state index contributed by atoms with van der Waals surface area (Å²) in [5.74, 6) is 3.02. The van der Waals surface area contributed by atoms with Crippen molar-refractivity contribution < 1.29 is 9.47 Å². The maximum absolute atomic E-state index is 6.25. The highest BCUT2D eigenvalue weighted by Gasteiger charge is 2.12. The Bertz CT molecular complexity index is 1220. The molecule has 1 heterocycles. The number of fused-ring (bicyclic) bond motifs is 1. The lowest BCUT2D eigenvalue weighted by atomic mass is 10.0. The first-order valence-corrected chi connectivity index (χ1v) is 12.0. The lowest BCUT2D eigenvalue weighted by molar-refractivity contribution is 0.284. The second-order valence-corrected chi connectivity index (χ2v) is 9.05. The predicted octanol–water partition coefficient (Wildman–Crippen LogP) is 7.56. The van der Waals surface area contributed by atoms with Crippen molar-refractivity contribution >= 4 is 22.6 Å². The maximum atomic E-state index is 6.25. The van der Waals surface area contributed by atoms with Crippen molar-refractivity contribution in [2.45, 2.75) is 52.7 Å². The second kappa shape index (κ2) is 10.8. The van der Waals surface area contributed by atoms with Gasteiger partial charge in [0.2, 0.25) is 0 Å². The molecule has 4 nitrogen and oxygen atoms in total. The zero-order valence-corrected chi connectivity index (χ0v) is 20.3. The number of hydrogen-bond donors (Lipinski definition) is 0. The van der Waals surface area contributed by atoms with E-state index >= 15 is 0 Å². The largest absolute Gasteiger partial charge is 0.493 e. The van der Waals surface area contributed by atoms with E-state index in [1.54, 1.807) is 0 Å². The van der Waals surface area contributed by atoms with Gasteiger partial charge in [-0.05, 0) is 67.1 Å². The summed E-state index contributed by atoms with van der Waals surface area (Å²) in [6.45, 7) is 8.43. The minimum absolute atomic E-state index is 0.371. The van der Waals surface area contributed by atoms with Crippen LogP contribution in [0, 0.1) is 6.92 Å². The molecule has 4 rings (SSSR count). The quantitative estimate of drug-likeness (QED) is 0.228. The highest BCUT2D eigenvalue weighted by molar-refractivity contribution is 6.32. The first-order valence-electron chi connectivity index (χ1n) is 11.6. The third-order valence-corrected chi connectivity index (χ3v) is 6.06. The van der Waals surface area contributed by atoms with Crippen LogP contribution in [0.1, 0.15) is 49.6 Å². The molecule has 1 aromatic heterocycles. The smallest absolute Gasteiger partial charge is 0.147 e. The number of ether oxygens (including phenoxy) is 2. The molecule has 0 aliphatic carbocycles. The first kappa shape index (κ1) is 23.2. The number of unbranched alkanes of at least 4 members (excludes halogenated alkanes) is 1. The number of aromatic nitrogens is 2. The Morgan fingerprint density at radius 3 is 2.52 bits per heavy atom. The minimum atomic E-state index is 0.371. The molecular formula is C28H31ClN2O2. The molecule has 0 saturated heterocycles. The lowest BCUT2D eigenvalue weighted by Crippen LogP contribution is -2.09. The molecule has 0 amide bonds. The summed E-state index contributed by atoms with van der Waals surface area (Å²) in [6.07, 6.45) is 1.95. The Kier molecular flexibility index (Phi) is 7.56. The zero-order chi connectivity index (χ0) is 23.2. The van der Waals surface area contributed by atoms with Crippen molar-refractivity contribution in [3.05, 3.63) is 88.7 Å². The topological polar surface area (TPSA) is 36.3 Å². The van der Waals surface area contributed by atoms with E-state index < -0.39 is 0 Å². The number of halogens is 1. The average molecular weight is 463 g/mol. The van der Waals surface area contributed by atoms with Crippen LogP contribution in [0.4, 0.5) is 0 Å². The third-order valence-electron chi connectivity index (χ3n) is 5.75. The summed E-state index contributed by atoms with van der Waals surface area (Å²) in [7, 11) is 0. The van der Waals surface area contributed by atoms with E-state index in [0.717, 1.165) is 42.0 Å². The number of benzene rings is 3.